The predicted molar refractivity (Wildman–Crippen MR) is 51.0 cm³/mol. The molecule has 0 fully saturated rings. The molecule has 0 bridgehead atoms. The van der Waals surface area contributed by atoms with Crippen LogP contribution in [0, 0.1) is 0 Å². The van der Waals surface area contributed by atoms with E-state index in [9.17, 15) is 62.3 Å². The summed E-state index contributed by atoms with van der Waals surface area (Å²) in [5.74, 6) is -42.5. The molecule has 0 saturated heterocycles. The predicted octanol–water partition coefficient (Wildman–Crippen LogP) is 3.98. The van der Waals surface area contributed by atoms with Crippen molar-refractivity contribution in [2.24, 2.45) is 0 Å². The van der Waals surface area contributed by atoms with Gasteiger partial charge in [-0.3, -0.25) is 0 Å². The van der Waals surface area contributed by atoms with Gasteiger partial charge in [0.2, 0.25) is 0 Å². The maximum Gasteiger partial charge on any atom is 0.384 e. The molecule has 0 saturated carbocycles. The molecular formula is C10H6F12O2. The van der Waals surface area contributed by atoms with Gasteiger partial charge in [0, 0.05) is 0 Å². The molecule has 0 radical (unpaired) electrons. The number of carbonyl (C=O) groups excluding carboxylic acids is 2. The normalized spacial score (nSPS) is 15.3. The number of rotatable bonds is 9. The summed E-state index contributed by atoms with van der Waals surface area (Å²) in [5, 5.41) is 0. The van der Waals surface area contributed by atoms with Gasteiger partial charge in [-0.1, -0.05) is 0 Å². The van der Waals surface area contributed by atoms with Crippen molar-refractivity contribution in [3.05, 3.63) is 0 Å². The largest absolute Gasteiger partial charge is 0.384 e. The molecule has 0 aromatic rings. The zero-order valence-electron chi connectivity index (χ0n) is 10.9. The second kappa shape index (κ2) is 6.10. The van der Waals surface area contributed by atoms with Crippen LogP contribution in [-0.4, -0.2) is 48.1 Å². The van der Waals surface area contributed by atoms with E-state index >= 15 is 0 Å². The zero-order valence-corrected chi connectivity index (χ0v) is 10.9. The molecule has 0 amide bonds. The van der Waals surface area contributed by atoms with Crippen LogP contribution in [0.2, 0.25) is 0 Å². The fourth-order valence-electron chi connectivity index (χ4n) is 1.32. The fraction of sp³-hybridized carbons (Fsp3) is 0.800. The first-order chi connectivity index (χ1) is 10.4. The Morgan fingerprint density at radius 2 is 0.667 bits per heavy atom. The first kappa shape index (κ1) is 22.5. The molecule has 2 nitrogen and oxygen atoms in total. The Bertz CT molecular complexity index is 440. The highest BCUT2D eigenvalue weighted by Gasteiger charge is 2.89. The molecule has 0 aliphatic rings. The highest BCUT2D eigenvalue weighted by Crippen LogP contribution is 2.60. The van der Waals surface area contributed by atoms with Gasteiger partial charge in [-0.05, 0) is 0 Å². The molecule has 0 aliphatic heterocycles. The van der Waals surface area contributed by atoms with Gasteiger partial charge in [-0.2, -0.15) is 52.7 Å². The third-order valence-electron chi connectivity index (χ3n) is 2.78. The van der Waals surface area contributed by atoms with Crippen molar-refractivity contribution >= 4 is 12.6 Å². The number of hydrogen-bond donors (Lipinski definition) is 0. The highest BCUT2D eigenvalue weighted by atomic mass is 19.4. The highest BCUT2D eigenvalue weighted by molar-refractivity contribution is 5.52. The van der Waals surface area contributed by atoms with Gasteiger partial charge in [-0.25, -0.2) is 0 Å². The Morgan fingerprint density at radius 3 is 0.833 bits per heavy atom. The van der Waals surface area contributed by atoms with Gasteiger partial charge >= 0.3 is 35.5 Å². The quantitative estimate of drug-likeness (QED) is 0.444. The minimum atomic E-state index is -7.71. The van der Waals surface area contributed by atoms with Crippen LogP contribution in [-0.2, 0) is 9.59 Å². The van der Waals surface area contributed by atoms with Crippen LogP contribution in [0.1, 0.15) is 12.8 Å². The van der Waals surface area contributed by atoms with Gasteiger partial charge in [0.15, 0.2) is 0 Å². The lowest BCUT2D eigenvalue weighted by atomic mass is 9.90. The second-order valence-electron chi connectivity index (χ2n) is 4.45. The van der Waals surface area contributed by atoms with Gasteiger partial charge in [-0.15, -0.1) is 0 Å². The Kier molecular flexibility index (Phi) is 5.71. The molecule has 14 heteroatoms. The average Bonchev–Trinajstić information content (AvgIpc) is 2.37. The van der Waals surface area contributed by atoms with E-state index in [2.05, 4.69) is 0 Å². The number of hydrogen-bond acceptors (Lipinski definition) is 2. The number of alkyl halides is 12. The third-order valence-corrected chi connectivity index (χ3v) is 2.78. The molecule has 0 spiro atoms. The Hall–Kier alpha value is -1.50. The summed E-state index contributed by atoms with van der Waals surface area (Å²) in [5.41, 5.74) is 0. The summed E-state index contributed by atoms with van der Waals surface area (Å²) in [6.45, 7) is 0. The molecule has 0 heterocycles. The molecule has 24 heavy (non-hydrogen) atoms. The van der Waals surface area contributed by atoms with E-state index in [-0.39, 0.29) is 0 Å². The van der Waals surface area contributed by atoms with Crippen LogP contribution in [0.25, 0.3) is 0 Å². The fourth-order valence-corrected chi connectivity index (χ4v) is 1.32. The number of halogens is 12. The molecule has 142 valence electrons. The minimum absolute atomic E-state index is 1.10. The summed E-state index contributed by atoms with van der Waals surface area (Å²) in [6, 6.07) is 0. The van der Waals surface area contributed by atoms with E-state index < -0.39 is 60.9 Å². The van der Waals surface area contributed by atoms with Crippen molar-refractivity contribution in [1.82, 2.24) is 0 Å². The third kappa shape index (κ3) is 2.94. The van der Waals surface area contributed by atoms with Gasteiger partial charge < -0.3 is 9.59 Å². The van der Waals surface area contributed by atoms with Gasteiger partial charge in [0.25, 0.3) is 0 Å². The summed E-state index contributed by atoms with van der Waals surface area (Å²) in [4.78, 5) is 19.5. The molecule has 0 atom stereocenters. The van der Waals surface area contributed by atoms with Gasteiger partial charge in [0.05, 0.1) is 12.8 Å². The maximum atomic E-state index is 13.1. The van der Waals surface area contributed by atoms with Crippen LogP contribution in [0.15, 0.2) is 0 Å². The molecule has 0 unspecified atom stereocenters. The van der Waals surface area contributed by atoms with Crippen molar-refractivity contribution in [3.63, 3.8) is 0 Å². The topological polar surface area (TPSA) is 34.1 Å². The maximum absolute atomic E-state index is 13.1. The summed E-state index contributed by atoms with van der Waals surface area (Å²) in [7, 11) is 0. The van der Waals surface area contributed by atoms with Crippen LogP contribution < -0.4 is 0 Å². The molecular weight excluding hydrogens is 380 g/mol. The van der Waals surface area contributed by atoms with Crippen molar-refractivity contribution in [3.8, 4) is 0 Å². The van der Waals surface area contributed by atoms with E-state index in [1.165, 1.54) is 0 Å². The Balaban J connectivity index is 6.25. The lowest BCUT2D eigenvalue weighted by Crippen LogP contribution is -2.70. The van der Waals surface area contributed by atoms with E-state index in [1.807, 2.05) is 0 Å². The molecule has 0 N–H and O–H groups in total. The molecule has 0 aromatic heterocycles. The van der Waals surface area contributed by atoms with Crippen LogP contribution >= 0.6 is 0 Å². The Labute approximate surface area is 124 Å². The minimum Gasteiger partial charge on any atom is -0.303 e. The van der Waals surface area contributed by atoms with Crippen molar-refractivity contribution in [2.45, 2.75) is 48.4 Å². The Morgan fingerprint density at radius 1 is 0.458 bits per heavy atom. The van der Waals surface area contributed by atoms with Crippen LogP contribution in [0.5, 0.6) is 0 Å². The van der Waals surface area contributed by atoms with Gasteiger partial charge in [0.1, 0.15) is 12.6 Å². The van der Waals surface area contributed by atoms with Crippen molar-refractivity contribution in [1.29, 1.82) is 0 Å². The average molecular weight is 386 g/mol. The van der Waals surface area contributed by atoms with E-state index in [0.29, 0.717) is 0 Å². The lowest BCUT2D eigenvalue weighted by Gasteiger charge is -2.40. The first-order valence-electron chi connectivity index (χ1n) is 5.51. The smallest absolute Gasteiger partial charge is 0.303 e. The summed E-state index contributed by atoms with van der Waals surface area (Å²) in [6.07, 6.45) is -7.74. The standard InChI is InChI=1S/C10H6F12O2/c11-5(12,1-3-23)7(15,16)9(19,20)10(21,22)8(17,18)6(13,14)2-4-24/h3-4H,1-2H2. The van der Waals surface area contributed by atoms with Crippen molar-refractivity contribution in [2.75, 3.05) is 0 Å². The molecule has 0 aromatic carbocycles. The van der Waals surface area contributed by atoms with E-state index in [1.54, 1.807) is 0 Å². The SMILES string of the molecule is O=CCC(F)(F)C(F)(F)C(F)(F)C(F)(F)C(F)(F)C(F)(F)CC=O. The monoisotopic (exact) mass is 386 g/mol. The summed E-state index contributed by atoms with van der Waals surface area (Å²) < 4.78 is 155. The number of carbonyl (C=O) groups is 2. The molecule has 0 rings (SSSR count). The lowest BCUT2D eigenvalue weighted by molar-refractivity contribution is -0.423. The summed E-state index contributed by atoms with van der Waals surface area (Å²) >= 11 is 0. The first-order valence-corrected chi connectivity index (χ1v) is 5.51. The number of aldehydes is 2. The zero-order chi connectivity index (χ0) is 19.8. The molecule has 0 aliphatic carbocycles. The van der Waals surface area contributed by atoms with E-state index in [4.69, 9.17) is 0 Å². The van der Waals surface area contributed by atoms with Crippen LogP contribution in [0.4, 0.5) is 52.7 Å². The second-order valence-corrected chi connectivity index (χ2v) is 4.45. The van der Waals surface area contributed by atoms with Crippen molar-refractivity contribution < 1.29 is 62.3 Å². The van der Waals surface area contributed by atoms with Crippen LogP contribution in [0.3, 0.4) is 0 Å². The van der Waals surface area contributed by atoms with E-state index in [0.717, 1.165) is 0 Å².